The van der Waals surface area contributed by atoms with E-state index in [1.165, 1.54) is 43.6 Å². The van der Waals surface area contributed by atoms with E-state index in [4.69, 9.17) is 4.74 Å². The molecule has 5 rings (SSSR count). The minimum Gasteiger partial charge on any atom is -0.497 e. The van der Waals surface area contributed by atoms with Gasteiger partial charge in [-0.1, -0.05) is 12.1 Å². The van der Waals surface area contributed by atoms with Gasteiger partial charge in [0.25, 0.3) is 11.5 Å². The van der Waals surface area contributed by atoms with Crippen LogP contribution in [0.15, 0.2) is 41.5 Å². The Bertz CT molecular complexity index is 973. The third-order valence-electron chi connectivity index (χ3n) is 7.08. The maximum absolute atomic E-state index is 13.0. The van der Waals surface area contributed by atoms with Crippen LogP contribution in [0.5, 0.6) is 5.75 Å². The zero-order chi connectivity index (χ0) is 20.7. The number of carbonyl (C=O) groups excluding carboxylic acids is 1. The highest BCUT2D eigenvalue weighted by atomic mass is 16.5. The Hall–Kier alpha value is -2.67. The minimum absolute atomic E-state index is 0.00841. The van der Waals surface area contributed by atoms with Crippen LogP contribution in [0.3, 0.4) is 0 Å². The summed E-state index contributed by atoms with van der Waals surface area (Å²) in [5, 5.41) is 0. The third kappa shape index (κ3) is 3.41. The normalized spacial score (nSPS) is 28.6. The molecule has 3 aliphatic heterocycles. The maximum Gasteiger partial charge on any atom is 0.279 e. The van der Waals surface area contributed by atoms with E-state index in [1.54, 1.807) is 7.11 Å². The van der Waals surface area contributed by atoms with Gasteiger partial charge in [0.15, 0.2) is 5.69 Å². The van der Waals surface area contributed by atoms with Crippen LogP contribution in [-0.2, 0) is 0 Å². The number of hydrogen-bond donors (Lipinski definition) is 1. The molecule has 1 aromatic carbocycles. The number of rotatable bonds is 3. The molecule has 4 heterocycles. The van der Waals surface area contributed by atoms with Gasteiger partial charge in [0, 0.05) is 44.1 Å². The van der Waals surface area contributed by atoms with Gasteiger partial charge >= 0.3 is 0 Å². The number of nitrogens with zero attached hydrogens (tertiary/aromatic N) is 3. The fraction of sp³-hybridized carbons (Fsp3) is 0.522. The second-order valence-electron chi connectivity index (χ2n) is 8.82. The number of hydrogen-bond acceptors (Lipinski definition) is 5. The van der Waals surface area contributed by atoms with Crippen LogP contribution in [0.2, 0.25) is 0 Å². The van der Waals surface area contributed by atoms with Crippen molar-refractivity contribution in [1.29, 1.82) is 0 Å². The Morgan fingerprint density at radius 2 is 2.00 bits per heavy atom. The highest BCUT2D eigenvalue weighted by Crippen LogP contribution is 2.44. The average Bonchev–Trinajstić information content (AvgIpc) is 2.78. The molecule has 0 spiro atoms. The van der Waals surface area contributed by atoms with Crippen LogP contribution in [0, 0.1) is 11.8 Å². The summed E-state index contributed by atoms with van der Waals surface area (Å²) in [6.45, 7) is 2.41. The van der Waals surface area contributed by atoms with Gasteiger partial charge in [0.2, 0.25) is 0 Å². The summed E-state index contributed by atoms with van der Waals surface area (Å²) in [6, 6.07) is 9.41. The molecule has 4 atom stereocenters. The third-order valence-corrected chi connectivity index (χ3v) is 7.08. The lowest BCUT2D eigenvalue weighted by atomic mass is 9.74. The van der Waals surface area contributed by atoms with Gasteiger partial charge in [-0.25, -0.2) is 4.98 Å². The number of aromatic amines is 1. The number of methoxy groups -OCH3 is 1. The van der Waals surface area contributed by atoms with Crippen LogP contribution in [-0.4, -0.2) is 58.5 Å². The fourth-order valence-electron chi connectivity index (χ4n) is 5.81. The largest absolute Gasteiger partial charge is 0.497 e. The zero-order valence-corrected chi connectivity index (χ0v) is 17.3. The second-order valence-corrected chi connectivity index (χ2v) is 8.82. The van der Waals surface area contributed by atoms with Crippen molar-refractivity contribution in [3.05, 3.63) is 58.3 Å². The number of likely N-dealkylation sites (tertiary alicyclic amines) is 1. The van der Waals surface area contributed by atoms with E-state index in [0.717, 1.165) is 12.3 Å². The number of ether oxygens (including phenoxy) is 1. The molecule has 1 amide bonds. The van der Waals surface area contributed by atoms with E-state index >= 15 is 0 Å². The van der Waals surface area contributed by atoms with Crippen molar-refractivity contribution in [2.45, 2.75) is 37.8 Å². The summed E-state index contributed by atoms with van der Waals surface area (Å²) in [6.07, 6.45) is 7.65. The van der Waals surface area contributed by atoms with Crippen LogP contribution in [0.4, 0.5) is 0 Å². The lowest BCUT2D eigenvalue weighted by Gasteiger charge is -2.55. The molecule has 2 aromatic rings. The van der Waals surface area contributed by atoms with Crippen LogP contribution in [0.25, 0.3) is 0 Å². The molecule has 3 aliphatic rings. The molecule has 7 heteroatoms. The summed E-state index contributed by atoms with van der Waals surface area (Å²) in [4.78, 5) is 36.2. The molecular weight excluding hydrogens is 380 g/mol. The molecule has 0 saturated carbocycles. The fourth-order valence-corrected chi connectivity index (χ4v) is 5.81. The highest BCUT2D eigenvalue weighted by molar-refractivity contribution is 5.92. The number of amides is 1. The van der Waals surface area contributed by atoms with Gasteiger partial charge in [-0.2, -0.15) is 0 Å². The molecule has 30 heavy (non-hydrogen) atoms. The Kier molecular flexibility index (Phi) is 5.06. The van der Waals surface area contributed by atoms with E-state index in [-0.39, 0.29) is 11.6 Å². The molecule has 158 valence electrons. The highest BCUT2D eigenvalue weighted by Gasteiger charge is 2.46. The van der Waals surface area contributed by atoms with Crippen LogP contribution < -0.4 is 10.3 Å². The monoisotopic (exact) mass is 408 g/mol. The molecule has 7 nitrogen and oxygen atoms in total. The standard InChI is InChI=1S/C23H28N4O3/c1-30-18-7-5-16(6-8-18)19-3-2-4-20-17-11-15(13-27(19)20)12-26(14-17)23(29)21-22(28)25-10-9-24-21/h5-10,15,17,19-20H,2-4,11-14H2,1H3,(H,25,28)/t15-,17+,19+,20-/m0/s1. The lowest BCUT2D eigenvalue weighted by Crippen LogP contribution is -2.60. The Labute approximate surface area is 176 Å². The first-order chi connectivity index (χ1) is 14.6. The number of carbonyl (C=O) groups is 1. The lowest BCUT2D eigenvalue weighted by molar-refractivity contribution is -0.0512. The molecule has 3 fully saturated rings. The molecule has 3 saturated heterocycles. The van der Waals surface area contributed by atoms with Crippen molar-refractivity contribution in [3.63, 3.8) is 0 Å². The van der Waals surface area contributed by atoms with E-state index < -0.39 is 5.56 Å². The van der Waals surface area contributed by atoms with Gasteiger partial charge < -0.3 is 14.6 Å². The summed E-state index contributed by atoms with van der Waals surface area (Å²) >= 11 is 0. The zero-order valence-electron chi connectivity index (χ0n) is 17.3. The summed E-state index contributed by atoms with van der Waals surface area (Å²) < 4.78 is 5.32. The van der Waals surface area contributed by atoms with Crippen LogP contribution in [0.1, 0.15) is 47.8 Å². The summed E-state index contributed by atoms with van der Waals surface area (Å²) in [7, 11) is 1.70. The van der Waals surface area contributed by atoms with E-state index in [2.05, 4.69) is 39.1 Å². The number of nitrogens with one attached hydrogen (secondary N) is 1. The number of H-pyrrole nitrogens is 1. The first-order valence-electron chi connectivity index (χ1n) is 10.9. The Balaban J connectivity index is 1.36. The van der Waals surface area contributed by atoms with E-state index in [1.807, 2.05) is 4.90 Å². The van der Waals surface area contributed by atoms with Crippen molar-refractivity contribution < 1.29 is 9.53 Å². The second kappa shape index (κ2) is 7.87. The molecule has 0 aliphatic carbocycles. The summed E-state index contributed by atoms with van der Waals surface area (Å²) in [5.74, 6) is 1.54. The van der Waals surface area contributed by atoms with Crippen molar-refractivity contribution in [1.82, 2.24) is 19.8 Å². The van der Waals surface area contributed by atoms with Crippen molar-refractivity contribution in [3.8, 4) is 5.75 Å². The Morgan fingerprint density at radius 3 is 2.77 bits per heavy atom. The Morgan fingerprint density at radius 1 is 1.17 bits per heavy atom. The molecule has 2 bridgehead atoms. The quantitative estimate of drug-likeness (QED) is 0.844. The number of aromatic nitrogens is 2. The average molecular weight is 409 g/mol. The smallest absolute Gasteiger partial charge is 0.279 e. The molecule has 0 unspecified atom stereocenters. The topological polar surface area (TPSA) is 78.5 Å². The predicted molar refractivity (Wildman–Crippen MR) is 112 cm³/mol. The van der Waals surface area contributed by atoms with Gasteiger partial charge in [-0.15, -0.1) is 0 Å². The number of fused-ring (bicyclic) bond motifs is 4. The number of benzene rings is 1. The van der Waals surface area contributed by atoms with Crippen molar-refractivity contribution >= 4 is 5.91 Å². The van der Waals surface area contributed by atoms with Gasteiger partial charge in [0.05, 0.1) is 7.11 Å². The van der Waals surface area contributed by atoms with E-state index in [0.29, 0.717) is 37.0 Å². The summed E-state index contributed by atoms with van der Waals surface area (Å²) in [5.41, 5.74) is 0.958. The maximum atomic E-state index is 13.0. The molecular formula is C23H28N4O3. The first kappa shape index (κ1) is 19.3. The molecule has 1 N–H and O–H groups in total. The van der Waals surface area contributed by atoms with Gasteiger partial charge in [0.1, 0.15) is 5.75 Å². The molecule has 0 radical (unpaired) electrons. The van der Waals surface area contributed by atoms with Gasteiger partial charge in [-0.05, 0) is 55.2 Å². The minimum atomic E-state index is -0.405. The van der Waals surface area contributed by atoms with Crippen molar-refractivity contribution in [2.75, 3.05) is 26.7 Å². The van der Waals surface area contributed by atoms with Gasteiger partial charge in [-0.3, -0.25) is 14.5 Å². The first-order valence-corrected chi connectivity index (χ1v) is 10.9. The molecule has 1 aromatic heterocycles. The number of piperidine rings is 3. The van der Waals surface area contributed by atoms with Crippen LogP contribution >= 0.6 is 0 Å². The predicted octanol–water partition coefficient (Wildman–Crippen LogP) is 2.47. The van der Waals surface area contributed by atoms with E-state index in [9.17, 15) is 9.59 Å². The SMILES string of the molecule is COc1ccc([C@H]2CCC[C@H]3[C@@H]4C[C@@H](CN(C(=O)c5ncc[nH]c5=O)C4)CN23)cc1. The van der Waals surface area contributed by atoms with Crippen molar-refractivity contribution in [2.24, 2.45) is 11.8 Å².